The lowest BCUT2D eigenvalue weighted by Gasteiger charge is -2.32. The molecule has 1 saturated heterocycles. The van der Waals surface area contributed by atoms with E-state index in [1.807, 2.05) is 17.5 Å². The Morgan fingerprint density at radius 3 is 2.71 bits per heavy atom. The van der Waals surface area contributed by atoms with E-state index < -0.39 is 10.0 Å². The van der Waals surface area contributed by atoms with Crippen LogP contribution in [0.1, 0.15) is 17.7 Å². The summed E-state index contributed by atoms with van der Waals surface area (Å²) in [5.74, 6) is -0.243. The van der Waals surface area contributed by atoms with Crippen molar-refractivity contribution in [1.82, 2.24) is 9.21 Å². The third-order valence-electron chi connectivity index (χ3n) is 4.17. The Morgan fingerprint density at radius 1 is 1.29 bits per heavy atom. The number of thiophene rings is 2. The molecule has 3 rings (SSSR count). The number of amides is 1. The zero-order chi connectivity index (χ0) is 17.2. The molecule has 1 unspecified atom stereocenters. The number of sulfonamides is 1. The summed E-state index contributed by atoms with van der Waals surface area (Å²) in [4.78, 5) is 15.5. The molecule has 3 heterocycles. The van der Waals surface area contributed by atoms with Gasteiger partial charge in [0.05, 0.1) is 12.5 Å². The van der Waals surface area contributed by atoms with Gasteiger partial charge >= 0.3 is 0 Å². The Labute approximate surface area is 150 Å². The molecule has 2 aromatic rings. The standard InChI is InChI=1S/C16H20N2O3S3/c1-17(12-14-6-3-9-22-14)16(19)13-5-2-8-18(11-13)24(20,21)15-7-4-10-23-15/h3-4,6-7,9-10,13H,2,5,8,11-12H2,1H3. The molecule has 8 heteroatoms. The summed E-state index contributed by atoms with van der Waals surface area (Å²) in [5.41, 5.74) is 0. The van der Waals surface area contributed by atoms with Crippen molar-refractivity contribution in [1.29, 1.82) is 0 Å². The summed E-state index contributed by atoms with van der Waals surface area (Å²) in [5, 5.41) is 3.75. The SMILES string of the molecule is CN(Cc1cccs1)C(=O)C1CCCN(S(=O)(=O)c2cccs2)C1. The molecule has 24 heavy (non-hydrogen) atoms. The third-order valence-corrected chi connectivity index (χ3v) is 8.27. The summed E-state index contributed by atoms with van der Waals surface area (Å²) in [7, 11) is -1.69. The number of hydrogen-bond acceptors (Lipinski definition) is 5. The number of nitrogens with zero attached hydrogens (tertiary/aromatic N) is 2. The maximum atomic E-state index is 12.7. The molecule has 0 aliphatic carbocycles. The van der Waals surface area contributed by atoms with E-state index in [0.29, 0.717) is 23.7 Å². The lowest BCUT2D eigenvalue weighted by Crippen LogP contribution is -2.45. The second-order valence-electron chi connectivity index (χ2n) is 5.91. The van der Waals surface area contributed by atoms with Crippen LogP contribution in [0.15, 0.2) is 39.2 Å². The Kier molecular flexibility index (Phi) is 5.39. The number of piperidine rings is 1. The molecule has 1 aliphatic rings. The van der Waals surface area contributed by atoms with Crippen LogP contribution in [-0.2, 0) is 21.4 Å². The van der Waals surface area contributed by atoms with Crippen molar-refractivity contribution in [3.8, 4) is 0 Å². The fraction of sp³-hybridized carbons (Fsp3) is 0.438. The van der Waals surface area contributed by atoms with Crippen molar-refractivity contribution in [3.63, 3.8) is 0 Å². The zero-order valence-electron chi connectivity index (χ0n) is 13.4. The Balaban J connectivity index is 1.68. The molecule has 1 atom stereocenters. The van der Waals surface area contributed by atoms with Crippen molar-refractivity contribution < 1.29 is 13.2 Å². The summed E-state index contributed by atoms with van der Waals surface area (Å²) in [6.07, 6.45) is 1.46. The van der Waals surface area contributed by atoms with Gasteiger partial charge in [-0.05, 0) is 35.7 Å². The fourth-order valence-electron chi connectivity index (χ4n) is 2.93. The van der Waals surface area contributed by atoms with Crippen LogP contribution in [0.2, 0.25) is 0 Å². The molecular formula is C16H20N2O3S3. The fourth-order valence-corrected chi connectivity index (χ4v) is 6.35. The Hall–Kier alpha value is -1.22. The lowest BCUT2D eigenvalue weighted by atomic mass is 9.98. The summed E-state index contributed by atoms with van der Waals surface area (Å²) < 4.78 is 27.1. The van der Waals surface area contributed by atoms with Gasteiger partial charge in [-0.25, -0.2) is 8.42 Å². The third kappa shape index (κ3) is 3.72. The van der Waals surface area contributed by atoms with Crippen molar-refractivity contribution in [2.75, 3.05) is 20.1 Å². The van der Waals surface area contributed by atoms with E-state index in [1.165, 1.54) is 15.6 Å². The molecular weight excluding hydrogens is 364 g/mol. The molecule has 5 nitrogen and oxygen atoms in total. The van der Waals surface area contributed by atoms with Crippen LogP contribution in [0, 0.1) is 5.92 Å². The minimum absolute atomic E-state index is 0.0227. The minimum Gasteiger partial charge on any atom is -0.340 e. The monoisotopic (exact) mass is 384 g/mol. The highest BCUT2D eigenvalue weighted by Gasteiger charge is 2.34. The van der Waals surface area contributed by atoms with Gasteiger partial charge in [0.25, 0.3) is 10.0 Å². The van der Waals surface area contributed by atoms with Crippen LogP contribution < -0.4 is 0 Å². The Bertz CT molecular complexity index is 770. The number of carbonyl (C=O) groups excluding carboxylic acids is 1. The second kappa shape index (κ2) is 7.35. The van der Waals surface area contributed by atoms with E-state index in [0.717, 1.165) is 11.3 Å². The highest BCUT2D eigenvalue weighted by molar-refractivity contribution is 7.91. The van der Waals surface area contributed by atoms with Crippen LogP contribution >= 0.6 is 22.7 Å². The molecule has 2 aromatic heterocycles. The summed E-state index contributed by atoms with van der Waals surface area (Å²) in [6, 6.07) is 7.32. The van der Waals surface area contributed by atoms with Crippen LogP contribution in [0.25, 0.3) is 0 Å². The van der Waals surface area contributed by atoms with Gasteiger partial charge in [-0.1, -0.05) is 12.1 Å². The van der Waals surface area contributed by atoms with E-state index in [9.17, 15) is 13.2 Å². The minimum atomic E-state index is -3.48. The predicted molar refractivity (Wildman–Crippen MR) is 96.6 cm³/mol. The van der Waals surface area contributed by atoms with Gasteiger partial charge in [-0.15, -0.1) is 22.7 Å². The van der Waals surface area contributed by atoms with Crippen molar-refractivity contribution in [2.45, 2.75) is 23.6 Å². The topological polar surface area (TPSA) is 57.7 Å². The van der Waals surface area contributed by atoms with E-state index in [2.05, 4.69) is 0 Å². The first-order valence-corrected chi connectivity index (χ1v) is 11.0. The van der Waals surface area contributed by atoms with Gasteiger partial charge in [-0.2, -0.15) is 4.31 Å². The van der Waals surface area contributed by atoms with Crippen molar-refractivity contribution in [2.24, 2.45) is 5.92 Å². The second-order valence-corrected chi connectivity index (χ2v) is 10.1. The lowest BCUT2D eigenvalue weighted by molar-refractivity contribution is -0.135. The average Bonchev–Trinajstić information content (AvgIpc) is 3.28. The van der Waals surface area contributed by atoms with Crippen LogP contribution in [-0.4, -0.2) is 43.7 Å². The molecule has 1 aliphatic heterocycles. The van der Waals surface area contributed by atoms with Crippen LogP contribution in [0.3, 0.4) is 0 Å². The summed E-state index contributed by atoms with van der Waals surface area (Å²) >= 11 is 2.84. The first-order chi connectivity index (χ1) is 11.5. The average molecular weight is 385 g/mol. The van der Waals surface area contributed by atoms with E-state index in [-0.39, 0.29) is 18.4 Å². The van der Waals surface area contributed by atoms with Crippen molar-refractivity contribution >= 4 is 38.6 Å². The maximum Gasteiger partial charge on any atom is 0.252 e. The molecule has 130 valence electrons. The molecule has 0 radical (unpaired) electrons. The molecule has 1 fully saturated rings. The highest BCUT2D eigenvalue weighted by Crippen LogP contribution is 2.27. The van der Waals surface area contributed by atoms with Gasteiger partial charge < -0.3 is 4.90 Å². The van der Waals surface area contributed by atoms with Crippen LogP contribution in [0.5, 0.6) is 0 Å². The molecule has 0 bridgehead atoms. The van der Waals surface area contributed by atoms with E-state index in [4.69, 9.17) is 0 Å². The van der Waals surface area contributed by atoms with Gasteiger partial charge in [0.1, 0.15) is 4.21 Å². The largest absolute Gasteiger partial charge is 0.340 e. The highest BCUT2D eigenvalue weighted by atomic mass is 32.2. The first-order valence-electron chi connectivity index (χ1n) is 7.79. The van der Waals surface area contributed by atoms with E-state index in [1.54, 1.807) is 40.8 Å². The summed E-state index contributed by atoms with van der Waals surface area (Å²) in [6.45, 7) is 1.33. The quantitative estimate of drug-likeness (QED) is 0.796. The Morgan fingerprint density at radius 2 is 2.04 bits per heavy atom. The van der Waals surface area contributed by atoms with Gasteiger partial charge in [0.2, 0.25) is 5.91 Å². The first kappa shape index (κ1) is 17.6. The van der Waals surface area contributed by atoms with Gasteiger partial charge in [0.15, 0.2) is 0 Å². The molecule has 0 N–H and O–H groups in total. The zero-order valence-corrected chi connectivity index (χ0v) is 15.9. The van der Waals surface area contributed by atoms with Gasteiger partial charge in [0, 0.05) is 25.0 Å². The smallest absolute Gasteiger partial charge is 0.252 e. The molecule has 0 spiro atoms. The maximum absolute atomic E-state index is 12.7. The van der Waals surface area contributed by atoms with Gasteiger partial charge in [-0.3, -0.25) is 4.79 Å². The molecule has 0 saturated carbocycles. The molecule has 0 aromatic carbocycles. The number of carbonyl (C=O) groups is 1. The molecule has 1 amide bonds. The predicted octanol–water partition coefficient (Wildman–Crippen LogP) is 2.87. The number of hydrogen-bond donors (Lipinski definition) is 0. The van der Waals surface area contributed by atoms with Crippen LogP contribution in [0.4, 0.5) is 0 Å². The van der Waals surface area contributed by atoms with E-state index >= 15 is 0 Å². The van der Waals surface area contributed by atoms with Crippen molar-refractivity contribution in [3.05, 3.63) is 39.9 Å². The normalized spacial score (nSPS) is 19.3. The number of rotatable bonds is 5.